The number of hydrogen-bond acceptors (Lipinski definition) is 3. The summed E-state index contributed by atoms with van der Waals surface area (Å²) in [6.07, 6.45) is -0.0511. The standard InChI is InChI=1S/C7H10N2O4/c8-7(13)4-1-2-9(4)5(10)3-6(11)12/h4H,1-3H2,(H2,8,13)(H,11,12). The first kappa shape index (κ1) is 9.50. The molecule has 1 unspecified atom stereocenters. The van der Waals surface area contributed by atoms with E-state index in [-0.39, 0.29) is 0 Å². The molecule has 1 saturated heterocycles. The van der Waals surface area contributed by atoms with E-state index in [1.807, 2.05) is 0 Å². The van der Waals surface area contributed by atoms with Gasteiger partial charge in [0.15, 0.2) is 0 Å². The average Bonchev–Trinajstić information content (AvgIpc) is 1.79. The van der Waals surface area contributed by atoms with E-state index < -0.39 is 30.2 Å². The highest BCUT2D eigenvalue weighted by molar-refractivity contribution is 5.96. The fraction of sp³-hybridized carbons (Fsp3) is 0.571. The lowest BCUT2D eigenvalue weighted by atomic mass is 10.0. The molecule has 0 aromatic rings. The number of likely N-dealkylation sites (tertiary alicyclic amines) is 1. The topological polar surface area (TPSA) is 101 Å². The predicted octanol–water partition coefficient (Wildman–Crippen LogP) is -1.45. The van der Waals surface area contributed by atoms with E-state index in [0.29, 0.717) is 13.0 Å². The lowest BCUT2D eigenvalue weighted by Gasteiger charge is -2.38. The van der Waals surface area contributed by atoms with Crippen LogP contribution in [0, 0.1) is 0 Å². The normalized spacial score (nSPS) is 20.6. The summed E-state index contributed by atoms with van der Waals surface area (Å²) >= 11 is 0. The summed E-state index contributed by atoms with van der Waals surface area (Å²) in [5.74, 6) is -2.33. The van der Waals surface area contributed by atoms with Crippen LogP contribution < -0.4 is 5.73 Å². The lowest BCUT2D eigenvalue weighted by Crippen LogP contribution is -2.57. The number of rotatable bonds is 3. The molecule has 0 saturated carbocycles. The maximum Gasteiger partial charge on any atom is 0.312 e. The van der Waals surface area contributed by atoms with E-state index in [1.165, 1.54) is 4.90 Å². The van der Waals surface area contributed by atoms with Gasteiger partial charge in [0.1, 0.15) is 12.5 Å². The van der Waals surface area contributed by atoms with Crippen molar-refractivity contribution in [3.8, 4) is 0 Å². The number of nitrogens with two attached hydrogens (primary N) is 1. The Kier molecular flexibility index (Phi) is 2.50. The molecular formula is C7H10N2O4. The Morgan fingerprint density at radius 3 is 2.38 bits per heavy atom. The number of hydrogen-bond donors (Lipinski definition) is 2. The van der Waals surface area contributed by atoms with Crippen LogP contribution in [0.25, 0.3) is 0 Å². The average molecular weight is 186 g/mol. The number of carboxylic acid groups (broad SMARTS) is 1. The first-order valence-electron chi connectivity index (χ1n) is 3.83. The van der Waals surface area contributed by atoms with Crippen molar-refractivity contribution in [2.75, 3.05) is 6.54 Å². The molecule has 0 bridgehead atoms. The smallest absolute Gasteiger partial charge is 0.312 e. The Morgan fingerprint density at radius 2 is 2.08 bits per heavy atom. The van der Waals surface area contributed by atoms with Gasteiger partial charge in [-0.1, -0.05) is 0 Å². The highest BCUT2D eigenvalue weighted by Crippen LogP contribution is 2.17. The Hall–Kier alpha value is -1.59. The largest absolute Gasteiger partial charge is 0.481 e. The Morgan fingerprint density at radius 1 is 1.46 bits per heavy atom. The molecule has 1 heterocycles. The number of primary amides is 1. The molecule has 2 amide bonds. The van der Waals surface area contributed by atoms with E-state index in [4.69, 9.17) is 10.8 Å². The van der Waals surface area contributed by atoms with Crippen LogP contribution in [0.15, 0.2) is 0 Å². The monoisotopic (exact) mass is 186 g/mol. The van der Waals surface area contributed by atoms with Crippen LogP contribution in [0.3, 0.4) is 0 Å². The molecule has 1 rings (SSSR count). The van der Waals surface area contributed by atoms with Crippen LogP contribution in [0.5, 0.6) is 0 Å². The van der Waals surface area contributed by atoms with Gasteiger partial charge in [-0.25, -0.2) is 0 Å². The number of carboxylic acids is 1. The molecule has 1 aliphatic rings. The second kappa shape index (κ2) is 3.42. The molecule has 0 aliphatic carbocycles. The zero-order chi connectivity index (χ0) is 10.0. The van der Waals surface area contributed by atoms with Gasteiger partial charge in [0.05, 0.1) is 0 Å². The number of aliphatic carboxylic acids is 1. The second-order valence-electron chi connectivity index (χ2n) is 2.86. The fourth-order valence-electron chi connectivity index (χ4n) is 1.21. The molecule has 1 aliphatic heterocycles. The van der Waals surface area contributed by atoms with Crippen LogP contribution >= 0.6 is 0 Å². The molecule has 0 aromatic heterocycles. The number of carbonyl (C=O) groups excluding carboxylic acids is 2. The highest BCUT2D eigenvalue weighted by Gasteiger charge is 2.36. The lowest BCUT2D eigenvalue weighted by molar-refractivity contribution is -0.151. The first-order chi connectivity index (χ1) is 6.02. The Bertz CT molecular complexity index is 263. The van der Waals surface area contributed by atoms with Gasteiger partial charge in [-0.15, -0.1) is 0 Å². The van der Waals surface area contributed by atoms with E-state index >= 15 is 0 Å². The fourth-order valence-corrected chi connectivity index (χ4v) is 1.21. The van der Waals surface area contributed by atoms with Gasteiger partial charge in [0, 0.05) is 6.54 Å². The van der Waals surface area contributed by atoms with Crippen molar-refractivity contribution in [3.05, 3.63) is 0 Å². The first-order valence-corrected chi connectivity index (χ1v) is 3.83. The summed E-state index contributed by atoms with van der Waals surface area (Å²) in [5, 5.41) is 8.31. The third kappa shape index (κ3) is 1.95. The minimum Gasteiger partial charge on any atom is -0.481 e. The van der Waals surface area contributed by atoms with Crippen molar-refractivity contribution in [2.24, 2.45) is 5.73 Å². The van der Waals surface area contributed by atoms with Crippen molar-refractivity contribution < 1.29 is 19.5 Å². The molecular weight excluding hydrogens is 176 g/mol. The maximum atomic E-state index is 11.1. The predicted molar refractivity (Wildman–Crippen MR) is 41.6 cm³/mol. The molecule has 0 radical (unpaired) electrons. The molecule has 3 N–H and O–H groups in total. The van der Waals surface area contributed by atoms with Crippen LogP contribution in [-0.2, 0) is 14.4 Å². The minimum atomic E-state index is -1.19. The van der Waals surface area contributed by atoms with E-state index in [2.05, 4.69) is 0 Å². The summed E-state index contributed by atoms with van der Waals surface area (Å²) in [7, 11) is 0. The second-order valence-corrected chi connectivity index (χ2v) is 2.86. The zero-order valence-electron chi connectivity index (χ0n) is 6.90. The van der Waals surface area contributed by atoms with Gasteiger partial charge in [0.2, 0.25) is 11.8 Å². The van der Waals surface area contributed by atoms with Crippen molar-refractivity contribution in [2.45, 2.75) is 18.9 Å². The molecule has 72 valence electrons. The van der Waals surface area contributed by atoms with Gasteiger partial charge >= 0.3 is 5.97 Å². The summed E-state index contributed by atoms with van der Waals surface area (Å²) in [4.78, 5) is 33.1. The summed E-state index contributed by atoms with van der Waals surface area (Å²) < 4.78 is 0. The number of carbonyl (C=O) groups is 3. The number of nitrogens with zero attached hydrogens (tertiary/aromatic N) is 1. The van der Waals surface area contributed by atoms with Gasteiger partial charge in [-0.3, -0.25) is 14.4 Å². The summed E-state index contributed by atoms with van der Waals surface area (Å²) in [6, 6.07) is -0.605. The van der Waals surface area contributed by atoms with Crippen molar-refractivity contribution in [3.63, 3.8) is 0 Å². The Balaban J connectivity index is 2.49. The van der Waals surface area contributed by atoms with Gasteiger partial charge in [-0.2, -0.15) is 0 Å². The molecule has 13 heavy (non-hydrogen) atoms. The zero-order valence-corrected chi connectivity index (χ0v) is 6.90. The number of amides is 2. The van der Waals surface area contributed by atoms with E-state index in [9.17, 15) is 14.4 Å². The van der Waals surface area contributed by atoms with Gasteiger partial charge in [-0.05, 0) is 6.42 Å². The van der Waals surface area contributed by atoms with Gasteiger partial charge in [0.25, 0.3) is 0 Å². The third-order valence-corrected chi connectivity index (χ3v) is 1.97. The third-order valence-electron chi connectivity index (χ3n) is 1.97. The van der Waals surface area contributed by atoms with Crippen molar-refractivity contribution >= 4 is 17.8 Å². The van der Waals surface area contributed by atoms with Gasteiger partial charge < -0.3 is 15.7 Å². The maximum absolute atomic E-state index is 11.1. The van der Waals surface area contributed by atoms with Crippen LogP contribution in [-0.4, -0.2) is 40.4 Å². The molecule has 0 spiro atoms. The minimum absolute atomic E-state index is 0.416. The van der Waals surface area contributed by atoms with Crippen molar-refractivity contribution in [1.29, 1.82) is 0 Å². The SMILES string of the molecule is NC(=O)C1CCN1C(=O)CC(=O)O. The highest BCUT2D eigenvalue weighted by atomic mass is 16.4. The van der Waals surface area contributed by atoms with E-state index in [1.54, 1.807) is 0 Å². The van der Waals surface area contributed by atoms with Crippen LogP contribution in [0.2, 0.25) is 0 Å². The quantitative estimate of drug-likeness (QED) is 0.526. The van der Waals surface area contributed by atoms with E-state index in [0.717, 1.165) is 0 Å². The Labute approximate surface area is 74.3 Å². The molecule has 0 aromatic carbocycles. The van der Waals surface area contributed by atoms with Crippen LogP contribution in [0.4, 0.5) is 0 Å². The molecule has 6 nitrogen and oxygen atoms in total. The van der Waals surface area contributed by atoms with Crippen LogP contribution in [0.1, 0.15) is 12.8 Å². The molecule has 6 heteroatoms. The molecule has 1 fully saturated rings. The molecule has 1 atom stereocenters. The summed E-state index contributed by atoms with van der Waals surface area (Å²) in [6.45, 7) is 0.416. The summed E-state index contributed by atoms with van der Waals surface area (Å²) in [5.41, 5.74) is 4.98. The van der Waals surface area contributed by atoms with Crippen molar-refractivity contribution in [1.82, 2.24) is 4.90 Å².